The molecule has 1 N–H and O–H groups in total. The van der Waals surface area contributed by atoms with Crippen molar-refractivity contribution in [2.24, 2.45) is 0 Å². The molecule has 0 aliphatic carbocycles. The number of aromatic nitrogens is 1. The minimum atomic E-state index is -0.753. The molecule has 7 nitrogen and oxygen atoms in total. The van der Waals surface area contributed by atoms with Crippen molar-refractivity contribution in [3.05, 3.63) is 44.5 Å². The predicted molar refractivity (Wildman–Crippen MR) is 94.8 cm³/mol. The second kappa shape index (κ2) is 6.44. The average molecular weight is 348 g/mol. The fourth-order valence-corrected chi connectivity index (χ4v) is 3.54. The van der Waals surface area contributed by atoms with Crippen molar-refractivity contribution in [1.82, 2.24) is 9.88 Å². The molecule has 2 heterocycles. The maximum Gasteiger partial charge on any atom is 0.332 e. The molecule has 0 bridgehead atoms. The molecule has 1 aromatic heterocycles. The lowest BCUT2D eigenvalue weighted by Crippen LogP contribution is -2.54. The third kappa shape index (κ3) is 3.09. The van der Waals surface area contributed by atoms with E-state index in [9.17, 15) is 19.3 Å². The molecule has 1 fully saturated rings. The molecule has 1 aliphatic rings. The zero-order valence-corrected chi connectivity index (χ0v) is 14.5. The summed E-state index contributed by atoms with van der Waals surface area (Å²) < 4.78 is 16.3. The molecular formula is C17H21FN4O3. The first-order valence-corrected chi connectivity index (χ1v) is 8.33. The largest absolute Gasteiger partial charge is 0.366 e. The Hall–Kier alpha value is -2.48. The maximum atomic E-state index is 14.7. The zero-order valence-electron chi connectivity index (χ0n) is 14.5. The first-order chi connectivity index (χ1) is 11.8. The molecule has 8 heteroatoms. The van der Waals surface area contributed by atoms with Gasteiger partial charge in [0.15, 0.2) is 0 Å². The van der Waals surface area contributed by atoms with Gasteiger partial charge >= 0.3 is 5.69 Å². The zero-order chi connectivity index (χ0) is 18.3. The second-order valence-corrected chi connectivity index (χ2v) is 6.58. The number of rotatable bonds is 3. The number of pyridine rings is 1. The van der Waals surface area contributed by atoms with Gasteiger partial charge in [-0.3, -0.25) is 14.9 Å². The van der Waals surface area contributed by atoms with E-state index in [0.29, 0.717) is 30.8 Å². The Labute approximate surface area is 144 Å². The highest BCUT2D eigenvalue weighted by molar-refractivity contribution is 5.85. The fourth-order valence-electron chi connectivity index (χ4n) is 3.54. The van der Waals surface area contributed by atoms with Crippen LogP contribution in [0.2, 0.25) is 0 Å². The number of nitro groups is 1. The molecule has 3 rings (SSSR count). The van der Waals surface area contributed by atoms with Crippen LogP contribution in [0.4, 0.5) is 15.8 Å². The van der Waals surface area contributed by atoms with Gasteiger partial charge in [0.05, 0.1) is 27.7 Å². The highest BCUT2D eigenvalue weighted by atomic mass is 19.1. The molecule has 2 aromatic rings. The van der Waals surface area contributed by atoms with Crippen LogP contribution in [0, 0.1) is 15.9 Å². The Morgan fingerprint density at radius 1 is 1.32 bits per heavy atom. The van der Waals surface area contributed by atoms with E-state index in [-0.39, 0.29) is 17.5 Å². The fraction of sp³-hybridized carbons (Fsp3) is 0.471. The lowest BCUT2D eigenvalue weighted by Gasteiger charge is -2.37. The van der Waals surface area contributed by atoms with E-state index in [0.717, 1.165) is 6.07 Å². The molecule has 0 saturated carbocycles. The van der Waals surface area contributed by atoms with E-state index in [4.69, 9.17) is 0 Å². The summed E-state index contributed by atoms with van der Waals surface area (Å²) in [7, 11) is 0. The molecule has 1 aromatic carbocycles. The number of hydrogen-bond donors (Lipinski definition) is 1. The van der Waals surface area contributed by atoms with Crippen molar-refractivity contribution < 1.29 is 9.31 Å². The number of aryl methyl sites for hydroxylation is 1. The van der Waals surface area contributed by atoms with Crippen LogP contribution in [-0.4, -0.2) is 34.7 Å². The van der Waals surface area contributed by atoms with Crippen molar-refractivity contribution in [3.8, 4) is 0 Å². The van der Waals surface area contributed by atoms with Gasteiger partial charge in [0, 0.05) is 31.7 Å². The van der Waals surface area contributed by atoms with Gasteiger partial charge in [-0.15, -0.1) is 0 Å². The topological polar surface area (TPSA) is 80.4 Å². The van der Waals surface area contributed by atoms with E-state index in [1.807, 2.05) is 25.7 Å². The number of halogens is 1. The van der Waals surface area contributed by atoms with Gasteiger partial charge in [-0.1, -0.05) is 0 Å². The first kappa shape index (κ1) is 17.3. The summed E-state index contributed by atoms with van der Waals surface area (Å²) in [5.74, 6) is -0.533. The van der Waals surface area contributed by atoms with Crippen LogP contribution in [0.3, 0.4) is 0 Å². The first-order valence-electron chi connectivity index (χ1n) is 8.33. The summed E-state index contributed by atoms with van der Waals surface area (Å²) in [4.78, 5) is 24.7. The number of nitrogens with one attached hydrogen (secondary N) is 1. The molecule has 0 spiro atoms. The minimum Gasteiger partial charge on any atom is -0.366 e. The minimum absolute atomic E-state index is 0.0357. The van der Waals surface area contributed by atoms with Crippen molar-refractivity contribution in [1.29, 1.82) is 0 Å². The summed E-state index contributed by atoms with van der Waals surface area (Å²) in [5, 5.41) is 14.5. The van der Waals surface area contributed by atoms with Gasteiger partial charge in [-0.2, -0.15) is 0 Å². The lowest BCUT2D eigenvalue weighted by molar-refractivity contribution is -0.386. The van der Waals surface area contributed by atoms with Gasteiger partial charge in [0.1, 0.15) is 5.82 Å². The Morgan fingerprint density at radius 2 is 1.96 bits per heavy atom. The van der Waals surface area contributed by atoms with Crippen molar-refractivity contribution >= 4 is 22.3 Å². The van der Waals surface area contributed by atoms with E-state index < -0.39 is 21.9 Å². The quantitative estimate of drug-likeness (QED) is 0.680. The molecule has 134 valence electrons. The Kier molecular flexibility index (Phi) is 4.47. The summed E-state index contributed by atoms with van der Waals surface area (Å²) in [5.41, 5.74) is -0.361. The van der Waals surface area contributed by atoms with Gasteiger partial charge in [-0.25, -0.2) is 4.39 Å². The van der Waals surface area contributed by atoms with Crippen LogP contribution in [0.25, 0.3) is 10.9 Å². The van der Waals surface area contributed by atoms with Crippen molar-refractivity contribution in [2.45, 2.75) is 39.4 Å². The molecule has 0 radical (unpaired) electrons. The number of hydrogen-bond acceptors (Lipinski definition) is 5. The highest BCUT2D eigenvalue weighted by Crippen LogP contribution is 2.27. The maximum absolute atomic E-state index is 14.7. The van der Waals surface area contributed by atoms with Crippen LogP contribution in [0.5, 0.6) is 0 Å². The Balaban J connectivity index is 2.20. The van der Waals surface area contributed by atoms with Gasteiger partial charge in [0.2, 0.25) is 0 Å². The van der Waals surface area contributed by atoms with E-state index in [1.54, 1.807) is 10.6 Å². The van der Waals surface area contributed by atoms with E-state index in [2.05, 4.69) is 5.32 Å². The summed E-state index contributed by atoms with van der Waals surface area (Å²) >= 11 is 0. The predicted octanol–water partition coefficient (Wildman–Crippen LogP) is 2.26. The number of nitrogens with zero attached hydrogens (tertiary/aromatic N) is 3. The third-order valence-corrected chi connectivity index (χ3v) is 4.57. The SMILES string of the molecule is CCn1cc([N+](=O)[O-])c(=O)c2cc(F)c(N3C[C@H](C)N[C@@H](C)C3)cc21. The smallest absolute Gasteiger partial charge is 0.332 e. The molecular weight excluding hydrogens is 327 g/mol. The molecule has 2 atom stereocenters. The van der Waals surface area contributed by atoms with Gasteiger partial charge < -0.3 is 14.8 Å². The van der Waals surface area contributed by atoms with E-state index in [1.165, 1.54) is 6.20 Å². The molecule has 1 saturated heterocycles. The van der Waals surface area contributed by atoms with Crippen LogP contribution >= 0.6 is 0 Å². The standard InChI is InChI=1S/C17H21FN4O3/c1-4-20-9-16(22(24)25)17(23)12-5-13(18)15(6-14(12)20)21-7-10(2)19-11(3)8-21/h5-6,9-11,19H,4,7-8H2,1-3H3/t10-,11-/m0/s1. The third-order valence-electron chi connectivity index (χ3n) is 4.57. The van der Waals surface area contributed by atoms with Crippen LogP contribution in [-0.2, 0) is 6.54 Å². The summed E-state index contributed by atoms with van der Waals surface area (Å²) in [6.07, 6.45) is 1.23. The van der Waals surface area contributed by atoms with Crippen molar-refractivity contribution in [3.63, 3.8) is 0 Å². The van der Waals surface area contributed by atoms with Crippen LogP contribution < -0.4 is 15.6 Å². The lowest BCUT2D eigenvalue weighted by atomic mass is 10.1. The van der Waals surface area contributed by atoms with Crippen molar-refractivity contribution in [2.75, 3.05) is 18.0 Å². The molecule has 0 unspecified atom stereocenters. The van der Waals surface area contributed by atoms with Crippen LogP contribution in [0.1, 0.15) is 20.8 Å². The number of piperazine rings is 1. The monoisotopic (exact) mass is 348 g/mol. The summed E-state index contributed by atoms with van der Waals surface area (Å²) in [6.45, 7) is 7.63. The van der Waals surface area contributed by atoms with Gasteiger partial charge in [0.25, 0.3) is 5.43 Å². The second-order valence-electron chi connectivity index (χ2n) is 6.58. The van der Waals surface area contributed by atoms with Gasteiger partial charge in [-0.05, 0) is 32.9 Å². The molecule has 25 heavy (non-hydrogen) atoms. The number of benzene rings is 1. The Bertz CT molecular complexity index is 886. The average Bonchev–Trinajstić information content (AvgIpc) is 2.54. The Morgan fingerprint density at radius 3 is 2.52 bits per heavy atom. The number of anilines is 1. The molecule has 0 amide bonds. The number of fused-ring (bicyclic) bond motifs is 1. The normalized spacial score (nSPS) is 20.9. The summed E-state index contributed by atoms with van der Waals surface area (Å²) in [6, 6.07) is 3.18. The highest BCUT2D eigenvalue weighted by Gasteiger charge is 2.25. The molecule has 1 aliphatic heterocycles. The van der Waals surface area contributed by atoms with Crippen LogP contribution in [0.15, 0.2) is 23.1 Å². The van der Waals surface area contributed by atoms with E-state index >= 15 is 0 Å².